The number of nitrogens with one attached hydrogen (secondary N) is 1. The Balaban J connectivity index is 2.41. The minimum Gasteiger partial charge on any atom is -0.481 e. The quantitative estimate of drug-likeness (QED) is 0.813. The summed E-state index contributed by atoms with van der Waals surface area (Å²) in [6.45, 7) is 10.1. The lowest BCUT2D eigenvalue weighted by atomic mass is 9.93. The third kappa shape index (κ3) is 7.32. The molecule has 0 aromatic carbocycles. The van der Waals surface area contributed by atoms with Gasteiger partial charge in [-0.15, -0.1) is 0 Å². The van der Waals surface area contributed by atoms with Gasteiger partial charge in [-0.3, -0.25) is 4.79 Å². The number of carbonyl (C=O) groups is 2. The van der Waals surface area contributed by atoms with Gasteiger partial charge in [0.2, 0.25) is 0 Å². The topological polar surface area (TPSA) is 78.9 Å². The summed E-state index contributed by atoms with van der Waals surface area (Å²) in [5.41, 5.74) is -0.497. The number of nitrogens with zero attached hydrogens (tertiary/aromatic N) is 1. The molecule has 0 spiro atoms. The van der Waals surface area contributed by atoms with Gasteiger partial charge in [0.15, 0.2) is 0 Å². The number of hydrogen-bond donors (Lipinski definition) is 2. The highest BCUT2D eigenvalue weighted by molar-refractivity contribution is 5.68. The highest BCUT2D eigenvalue weighted by Crippen LogP contribution is 2.18. The molecule has 21 heavy (non-hydrogen) atoms. The fourth-order valence-electron chi connectivity index (χ4n) is 2.44. The maximum atomic E-state index is 11.9. The maximum absolute atomic E-state index is 11.9. The van der Waals surface area contributed by atoms with E-state index >= 15 is 0 Å². The highest BCUT2D eigenvalue weighted by Gasteiger charge is 2.28. The van der Waals surface area contributed by atoms with Crippen LogP contribution < -0.4 is 5.32 Å². The summed E-state index contributed by atoms with van der Waals surface area (Å²) in [4.78, 5) is 24.6. The van der Waals surface area contributed by atoms with Crippen LogP contribution in [0.15, 0.2) is 0 Å². The van der Waals surface area contributed by atoms with Gasteiger partial charge >= 0.3 is 12.1 Å². The Morgan fingerprint density at radius 2 is 2.05 bits per heavy atom. The predicted octanol–water partition coefficient (Wildman–Crippen LogP) is 2.09. The van der Waals surface area contributed by atoms with E-state index in [0.717, 1.165) is 26.1 Å². The van der Waals surface area contributed by atoms with Crippen molar-refractivity contribution in [3.05, 3.63) is 0 Å². The molecule has 6 heteroatoms. The van der Waals surface area contributed by atoms with Crippen LogP contribution in [0.3, 0.4) is 0 Å². The third-order valence-corrected chi connectivity index (χ3v) is 3.61. The number of piperidine rings is 1. The molecule has 0 aromatic rings. The van der Waals surface area contributed by atoms with E-state index in [1.165, 1.54) is 0 Å². The molecule has 1 heterocycles. The molecule has 122 valence electrons. The lowest BCUT2D eigenvalue weighted by molar-refractivity contribution is -0.137. The van der Waals surface area contributed by atoms with Gasteiger partial charge in [0.1, 0.15) is 5.60 Å². The van der Waals surface area contributed by atoms with E-state index in [-0.39, 0.29) is 18.6 Å². The van der Waals surface area contributed by atoms with Crippen molar-refractivity contribution in [2.75, 3.05) is 19.6 Å². The van der Waals surface area contributed by atoms with E-state index in [0.29, 0.717) is 12.3 Å². The molecular formula is C15H28N2O4. The van der Waals surface area contributed by atoms with Crippen molar-refractivity contribution in [3.63, 3.8) is 0 Å². The first-order chi connectivity index (χ1) is 9.67. The van der Waals surface area contributed by atoms with Crippen molar-refractivity contribution in [2.45, 2.75) is 58.6 Å². The lowest BCUT2D eigenvalue weighted by Crippen LogP contribution is -2.52. The van der Waals surface area contributed by atoms with E-state index < -0.39 is 11.6 Å². The molecule has 1 saturated heterocycles. The van der Waals surface area contributed by atoms with Crippen molar-refractivity contribution < 1.29 is 19.4 Å². The smallest absolute Gasteiger partial charge is 0.407 e. The van der Waals surface area contributed by atoms with E-state index in [2.05, 4.69) is 17.1 Å². The van der Waals surface area contributed by atoms with E-state index in [4.69, 9.17) is 9.84 Å². The number of carboxylic acid groups (broad SMARTS) is 1. The monoisotopic (exact) mass is 300 g/mol. The van der Waals surface area contributed by atoms with Crippen LogP contribution in [-0.2, 0) is 9.53 Å². The number of alkyl carbamates (subject to hydrolysis) is 1. The van der Waals surface area contributed by atoms with Crippen molar-refractivity contribution in [3.8, 4) is 0 Å². The average molecular weight is 300 g/mol. The van der Waals surface area contributed by atoms with Gasteiger partial charge in [-0.1, -0.05) is 6.92 Å². The number of hydrogen-bond acceptors (Lipinski definition) is 4. The Hall–Kier alpha value is -1.30. The number of carboxylic acids is 1. The number of ether oxygens (including phenoxy) is 1. The van der Waals surface area contributed by atoms with Crippen molar-refractivity contribution in [1.82, 2.24) is 10.2 Å². The fraction of sp³-hybridized carbons (Fsp3) is 0.867. The molecule has 0 radical (unpaired) electrons. The predicted molar refractivity (Wildman–Crippen MR) is 80.2 cm³/mol. The summed E-state index contributed by atoms with van der Waals surface area (Å²) in [6.07, 6.45) is 1.44. The molecule has 0 saturated carbocycles. The minimum atomic E-state index is -0.760. The van der Waals surface area contributed by atoms with Gasteiger partial charge in [-0.25, -0.2) is 4.79 Å². The molecule has 1 amide bonds. The second-order valence-corrected chi connectivity index (χ2v) is 6.82. The maximum Gasteiger partial charge on any atom is 0.407 e. The van der Waals surface area contributed by atoms with Crippen LogP contribution in [0.4, 0.5) is 4.79 Å². The standard InChI is InChI=1S/C15H28N2O4/c1-11-7-9-17(8-5-6-13(18)19)10-12(11)16-14(20)21-15(2,3)4/h11-12H,5-10H2,1-4H3,(H,16,20)(H,18,19)/t11-,12+/m1/s1. The minimum absolute atomic E-state index is 0.0541. The molecule has 2 atom stereocenters. The molecule has 0 bridgehead atoms. The normalized spacial score (nSPS) is 23.6. The molecule has 1 fully saturated rings. The van der Waals surface area contributed by atoms with Crippen molar-refractivity contribution >= 4 is 12.1 Å². The van der Waals surface area contributed by atoms with E-state index in [9.17, 15) is 9.59 Å². The van der Waals surface area contributed by atoms with Gasteiger partial charge in [0.05, 0.1) is 0 Å². The van der Waals surface area contributed by atoms with Crippen LogP contribution in [0.1, 0.15) is 47.0 Å². The van der Waals surface area contributed by atoms with Crippen LogP contribution >= 0.6 is 0 Å². The first kappa shape index (κ1) is 17.8. The zero-order valence-electron chi connectivity index (χ0n) is 13.5. The van der Waals surface area contributed by atoms with Crippen molar-refractivity contribution in [1.29, 1.82) is 0 Å². The number of carbonyl (C=O) groups excluding carboxylic acids is 1. The van der Waals surface area contributed by atoms with Crippen LogP contribution in [-0.4, -0.2) is 53.3 Å². The summed E-state index contributed by atoms with van der Waals surface area (Å²) in [5, 5.41) is 11.6. The second kappa shape index (κ2) is 7.64. The van der Waals surface area contributed by atoms with Crippen LogP contribution in [0.2, 0.25) is 0 Å². The Morgan fingerprint density at radius 3 is 2.62 bits per heavy atom. The Bertz CT molecular complexity index is 365. The Morgan fingerprint density at radius 1 is 1.38 bits per heavy atom. The highest BCUT2D eigenvalue weighted by atomic mass is 16.6. The van der Waals surface area contributed by atoms with Crippen LogP contribution in [0.25, 0.3) is 0 Å². The van der Waals surface area contributed by atoms with E-state index in [1.54, 1.807) is 0 Å². The first-order valence-corrected chi connectivity index (χ1v) is 7.61. The molecule has 0 aliphatic carbocycles. The molecular weight excluding hydrogens is 272 g/mol. The molecule has 6 nitrogen and oxygen atoms in total. The number of amides is 1. The zero-order chi connectivity index (χ0) is 16.0. The summed E-state index contributed by atoms with van der Waals surface area (Å²) in [7, 11) is 0. The van der Waals surface area contributed by atoms with Gasteiger partial charge < -0.3 is 20.1 Å². The Labute approximate surface area is 126 Å². The second-order valence-electron chi connectivity index (χ2n) is 6.82. The third-order valence-electron chi connectivity index (χ3n) is 3.61. The van der Waals surface area contributed by atoms with Crippen LogP contribution in [0.5, 0.6) is 0 Å². The first-order valence-electron chi connectivity index (χ1n) is 7.61. The van der Waals surface area contributed by atoms with Gasteiger partial charge in [0, 0.05) is 19.0 Å². The summed E-state index contributed by atoms with van der Waals surface area (Å²) in [6, 6.07) is 0.0541. The molecule has 2 N–H and O–H groups in total. The molecule has 0 unspecified atom stereocenters. The summed E-state index contributed by atoms with van der Waals surface area (Å²) < 4.78 is 5.29. The number of likely N-dealkylation sites (tertiary alicyclic amines) is 1. The fourth-order valence-corrected chi connectivity index (χ4v) is 2.44. The van der Waals surface area contributed by atoms with Gasteiger partial charge in [-0.2, -0.15) is 0 Å². The van der Waals surface area contributed by atoms with Gasteiger partial charge in [0.25, 0.3) is 0 Å². The van der Waals surface area contributed by atoms with E-state index in [1.807, 2.05) is 20.8 Å². The lowest BCUT2D eigenvalue weighted by Gasteiger charge is -2.37. The summed E-state index contributed by atoms with van der Waals surface area (Å²) in [5.74, 6) is -0.364. The molecule has 0 aromatic heterocycles. The average Bonchev–Trinajstić information content (AvgIpc) is 2.30. The molecule has 1 rings (SSSR count). The Kier molecular flexibility index (Phi) is 6.45. The van der Waals surface area contributed by atoms with Crippen LogP contribution in [0, 0.1) is 5.92 Å². The van der Waals surface area contributed by atoms with Gasteiger partial charge in [-0.05, 0) is 52.6 Å². The molecule has 1 aliphatic rings. The SMILES string of the molecule is C[C@@H]1CCN(CCCC(=O)O)C[C@@H]1NC(=O)OC(C)(C)C. The largest absolute Gasteiger partial charge is 0.481 e. The summed E-state index contributed by atoms with van der Waals surface area (Å²) >= 11 is 0. The number of aliphatic carboxylic acids is 1. The molecule has 1 aliphatic heterocycles. The van der Waals surface area contributed by atoms with Crippen molar-refractivity contribution in [2.24, 2.45) is 5.92 Å². The zero-order valence-corrected chi connectivity index (χ0v) is 13.5. The number of rotatable bonds is 5.